The van der Waals surface area contributed by atoms with E-state index in [-0.39, 0.29) is 11.9 Å². The number of hydrogen-bond donors (Lipinski definition) is 1. The molecule has 6 nitrogen and oxygen atoms in total. The highest BCUT2D eigenvalue weighted by Crippen LogP contribution is 2.30. The number of rotatable bonds is 5. The molecule has 1 aliphatic rings. The van der Waals surface area contributed by atoms with Gasteiger partial charge in [0, 0.05) is 17.8 Å². The molecule has 1 aromatic carbocycles. The van der Waals surface area contributed by atoms with Crippen molar-refractivity contribution in [2.75, 3.05) is 6.61 Å². The first kappa shape index (κ1) is 16.7. The van der Waals surface area contributed by atoms with E-state index in [2.05, 4.69) is 15.1 Å². The van der Waals surface area contributed by atoms with Crippen LogP contribution in [0.2, 0.25) is 0 Å². The van der Waals surface area contributed by atoms with Gasteiger partial charge in [-0.05, 0) is 37.3 Å². The van der Waals surface area contributed by atoms with Crippen LogP contribution in [0.25, 0.3) is 16.9 Å². The summed E-state index contributed by atoms with van der Waals surface area (Å²) in [6, 6.07) is 6.77. The van der Waals surface area contributed by atoms with Gasteiger partial charge >= 0.3 is 0 Å². The molecule has 3 aromatic rings. The Morgan fingerprint density at radius 1 is 1.23 bits per heavy atom. The molecule has 1 saturated carbocycles. The Hall–Kier alpha value is -2.80. The second-order valence-electron chi connectivity index (χ2n) is 6.61. The second kappa shape index (κ2) is 7.21. The van der Waals surface area contributed by atoms with E-state index in [4.69, 9.17) is 10.5 Å². The molecule has 7 heteroatoms. The van der Waals surface area contributed by atoms with E-state index in [0.717, 1.165) is 24.8 Å². The van der Waals surface area contributed by atoms with Gasteiger partial charge in [0.15, 0.2) is 5.75 Å². The zero-order valence-electron chi connectivity index (χ0n) is 14.3. The first-order chi connectivity index (χ1) is 12.7. The molecule has 0 amide bonds. The molecule has 0 saturated heterocycles. The maximum Gasteiger partial charge on any atom is 0.163 e. The third-order valence-electron chi connectivity index (χ3n) is 4.69. The minimum atomic E-state index is -0.334. The topological polar surface area (TPSA) is 78.8 Å². The van der Waals surface area contributed by atoms with Gasteiger partial charge in [0.25, 0.3) is 0 Å². The molecule has 0 bridgehead atoms. The Bertz CT molecular complexity index is 897. The summed E-state index contributed by atoms with van der Waals surface area (Å²) in [6.07, 6.45) is 9.60. The Morgan fingerprint density at radius 2 is 2.12 bits per heavy atom. The summed E-state index contributed by atoms with van der Waals surface area (Å²) in [5.41, 5.74) is 7.74. The van der Waals surface area contributed by atoms with Crippen LogP contribution in [-0.4, -0.2) is 32.4 Å². The van der Waals surface area contributed by atoms with Crippen molar-refractivity contribution in [2.45, 2.75) is 25.3 Å². The minimum absolute atomic E-state index is 0.272. The number of hydrogen-bond acceptors (Lipinski definition) is 5. The zero-order valence-corrected chi connectivity index (χ0v) is 14.3. The Morgan fingerprint density at radius 3 is 2.92 bits per heavy atom. The SMILES string of the molecule is N[C@@H]1CC[C@H](COc2cncnc2-c2cnn(-c3ccccc3F)c2)C1. The van der Waals surface area contributed by atoms with Crippen LogP contribution < -0.4 is 10.5 Å². The third-order valence-corrected chi connectivity index (χ3v) is 4.69. The number of para-hydroxylation sites is 1. The second-order valence-corrected chi connectivity index (χ2v) is 6.61. The van der Waals surface area contributed by atoms with Crippen LogP contribution in [0.5, 0.6) is 5.75 Å². The molecule has 4 rings (SSSR count). The monoisotopic (exact) mass is 353 g/mol. The van der Waals surface area contributed by atoms with E-state index in [1.54, 1.807) is 36.8 Å². The number of nitrogens with two attached hydrogens (primary N) is 1. The van der Waals surface area contributed by atoms with Gasteiger partial charge in [0.1, 0.15) is 23.5 Å². The summed E-state index contributed by atoms with van der Waals surface area (Å²) < 4.78 is 21.4. The first-order valence-electron chi connectivity index (χ1n) is 8.69. The number of ether oxygens (including phenoxy) is 1. The average Bonchev–Trinajstić information content (AvgIpc) is 3.30. The highest BCUT2D eigenvalue weighted by molar-refractivity contribution is 5.64. The van der Waals surface area contributed by atoms with Crippen LogP contribution in [-0.2, 0) is 0 Å². The van der Waals surface area contributed by atoms with Gasteiger partial charge in [0.05, 0.1) is 19.0 Å². The van der Waals surface area contributed by atoms with Crippen LogP contribution in [0.4, 0.5) is 4.39 Å². The maximum atomic E-state index is 14.0. The average molecular weight is 353 g/mol. The smallest absolute Gasteiger partial charge is 0.163 e. The molecule has 134 valence electrons. The van der Waals surface area contributed by atoms with Gasteiger partial charge in [-0.1, -0.05) is 12.1 Å². The number of aromatic nitrogens is 4. The van der Waals surface area contributed by atoms with Gasteiger partial charge in [-0.15, -0.1) is 0 Å². The molecule has 1 fully saturated rings. The lowest BCUT2D eigenvalue weighted by molar-refractivity contribution is 0.250. The number of halogens is 1. The van der Waals surface area contributed by atoms with Crippen molar-refractivity contribution in [1.82, 2.24) is 19.7 Å². The lowest BCUT2D eigenvalue weighted by atomic mass is 10.1. The molecule has 0 unspecified atom stereocenters. The van der Waals surface area contributed by atoms with Gasteiger partial charge in [-0.25, -0.2) is 19.0 Å². The Kier molecular flexibility index (Phi) is 4.62. The largest absolute Gasteiger partial charge is 0.489 e. The molecule has 26 heavy (non-hydrogen) atoms. The van der Waals surface area contributed by atoms with Crippen LogP contribution in [0.15, 0.2) is 49.2 Å². The highest BCUT2D eigenvalue weighted by Gasteiger charge is 2.23. The van der Waals surface area contributed by atoms with Crippen molar-refractivity contribution in [3.63, 3.8) is 0 Å². The highest BCUT2D eigenvalue weighted by atomic mass is 19.1. The Balaban J connectivity index is 1.56. The fraction of sp³-hybridized carbons (Fsp3) is 0.316. The van der Waals surface area contributed by atoms with Gasteiger partial charge in [-0.2, -0.15) is 5.10 Å². The fourth-order valence-electron chi connectivity index (χ4n) is 3.33. The molecule has 0 radical (unpaired) electrons. The van der Waals surface area contributed by atoms with Crippen molar-refractivity contribution in [1.29, 1.82) is 0 Å². The van der Waals surface area contributed by atoms with Crippen molar-refractivity contribution in [3.05, 3.63) is 55.0 Å². The van der Waals surface area contributed by atoms with Gasteiger partial charge in [-0.3, -0.25) is 0 Å². The third kappa shape index (κ3) is 3.43. The summed E-state index contributed by atoms with van der Waals surface area (Å²) >= 11 is 0. The number of nitrogens with zero attached hydrogens (tertiary/aromatic N) is 4. The predicted octanol–water partition coefficient (Wildman–Crippen LogP) is 2.97. The lowest BCUT2D eigenvalue weighted by Crippen LogP contribution is -2.17. The maximum absolute atomic E-state index is 14.0. The van der Waals surface area contributed by atoms with Crippen molar-refractivity contribution in [3.8, 4) is 22.7 Å². The molecule has 0 spiro atoms. The van der Waals surface area contributed by atoms with Gasteiger partial charge in [0.2, 0.25) is 0 Å². The summed E-state index contributed by atoms with van der Waals surface area (Å²) in [4.78, 5) is 8.39. The van der Waals surface area contributed by atoms with E-state index in [1.165, 1.54) is 17.1 Å². The standard InChI is InChI=1S/C19H20FN5O/c20-16-3-1-2-4-17(16)25-10-14(8-24-25)19-18(9-22-12-23-19)26-11-13-5-6-15(21)7-13/h1-4,8-10,12-13,15H,5-7,11,21H2/t13-,15+/m0/s1. The molecule has 2 aromatic heterocycles. The Labute approximate surface area is 150 Å². The van der Waals surface area contributed by atoms with E-state index in [9.17, 15) is 4.39 Å². The molecule has 2 N–H and O–H groups in total. The summed E-state index contributed by atoms with van der Waals surface area (Å²) in [5, 5.41) is 4.26. The van der Waals surface area contributed by atoms with Crippen molar-refractivity contribution < 1.29 is 9.13 Å². The van der Waals surface area contributed by atoms with Crippen LogP contribution in [0, 0.1) is 11.7 Å². The van der Waals surface area contributed by atoms with E-state index in [0.29, 0.717) is 29.7 Å². The summed E-state index contributed by atoms with van der Waals surface area (Å²) in [6.45, 7) is 0.593. The molecule has 1 aliphatic carbocycles. The normalized spacial score (nSPS) is 19.6. The summed E-state index contributed by atoms with van der Waals surface area (Å²) in [7, 11) is 0. The van der Waals surface area contributed by atoms with Crippen LogP contribution >= 0.6 is 0 Å². The summed E-state index contributed by atoms with van der Waals surface area (Å²) in [5.74, 6) is 0.721. The fourth-order valence-corrected chi connectivity index (χ4v) is 3.33. The van der Waals surface area contributed by atoms with Crippen LogP contribution in [0.1, 0.15) is 19.3 Å². The van der Waals surface area contributed by atoms with Crippen molar-refractivity contribution >= 4 is 0 Å². The van der Waals surface area contributed by atoms with E-state index < -0.39 is 0 Å². The molecule has 2 heterocycles. The molecule has 0 aliphatic heterocycles. The van der Waals surface area contributed by atoms with Crippen molar-refractivity contribution in [2.24, 2.45) is 11.7 Å². The minimum Gasteiger partial charge on any atom is -0.489 e. The molecular weight excluding hydrogens is 333 g/mol. The van der Waals surface area contributed by atoms with Crippen LogP contribution in [0.3, 0.4) is 0 Å². The van der Waals surface area contributed by atoms with E-state index in [1.807, 2.05) is 0 Å². The zero-order chi connectivity index (χ0) is 17.9. The molecule has 2 atom stereocenters. The van der Waals surface area contributed by atoms with Gasteiger partial charge < -0.3 is 10.5 Å². The van der Waals surface area contributed by atoms with E-state index >= 15 is 0 Å². The quantitative estimate of drug-likeness (QED) is 0.763. The predicted molar refractivity (Wildman–Crippen MR) is 95.4 cm³/mol. The lowest BCUT2D eigenvalue weighted by Gasteiger charge is -2.13. The number of benzene rings is 1. The first-order valence-corrected chi connectivity index (χ1v) is 8.69. The molecular formula is C19H20FN5O.